The summed E-state index contributed by atoms with van der Waals surface area (Å²) in [6.07, 6.45) is 1.73. The number of carbonyl (C=O) groups is 2. The van der Waals surface area contributed by atoms with Crippen molar-refractivity contribution in [3.05, 3.63) is 48.2 Å². The van der Waals surface area contributed by atoms with E-state index in [0.717, 1.165) is 44.1 Å². The van der Waals surface area contributed by atoms with Gasteiger partial charge in [0.2, 0.25) is 21.8 Å². The maximum absolute atomic E-state index is 12.6. The Balaban J connectivity index is 1.50. The highest BCUT2D eigenvalue weighted by molar-refractivity contribution is 7.89. The third kappa shape index (κ3) is 6.99. The Morgan fingerprint density at radius 3 is 2.29 bits per heavy atom. The van der Waals surface area contributed by atoms with Gasteiger partial charge in [0.1, 0.15) is 5.82 Å². The van der Waals surface area contributed by atoms with E-state index in [0.29, 0.717) is 5.69 Å². The summed E-state index contributed by atoms with van der Waals surface area (Å²) in [6.45, 7) is 10.2. The van der Waals surface area contributed by atoms with Crippen LogP contribution in [0.4, 0.5) is 11.5 Å². The SMILES string of the molecule is CCN1CCN(c2ccc(CNC(=O)[C@H](C)NS(=O)(=O)c3ccc(NC(C)=O)cc3)cn2)CC1. The first-order valence-corrected chi connectivity index (χ1v) is 12.8. The summed E-state index contributed by atoms with van der Waals surface area (Å²) in [4.78, 5) is 32.7. The molecule has 1 fully saturated rings. The minimum absolute atomic E-state index is 0.000751. The molecule has 2 aromatic rings. The van der Waals surface area contributed by atoms with Gasteiger partial charge in [0.15, 0.2) is 0 Å². The topological polar surface area (TPSA) is 124 Å². The molecule has 1 atom stereocenters. The number of benzene rings is 1. The fraction of sp³-hybridized carbons (Fsp3) is 0.435. The van der Waals surface area contributed by atoms with Crippen molar-refractivity contribution in [3.63, 3.8) is 0 Å². The first-order valence-electron chi connectivity index (χ1n) is 11.3. The van der Waals surface area contributed by atoms with Gasteiger partial charge in [-0.2, -0.15) is 4.72 Å². The number of amides is 2. The second-order valence-corrected chi connectivity index (χ2v) is 9.93. The highest BCUT2D eigenvalue weighted by Gasteiger charge is 2.22. The zero-order valence-electron chi connectivity index (χ0n) is 19.7. The van der Waals surface area contributed by atoms with E-state index in [2.05, 4.69) is 37.1 Å². The molecule has 0 unspecified atom stereocenters. The average Bonchev–Trinajstić information content (AvgIpc) is 2.82. The van der Waals surface area contributed by atoms with Crippen LogP contribution in [0.15, 0.2) is 47.5 Å². The van der Waals surface area contributed by atoms with Crippen molar-refractivity contribution in [2.24, 2.45) is 0 Å². The van der Waals surface area contributed by atoms with Gasteiger partial charge < -0.3 is 20.4 Å². The van der Waals surface area contributed by atoms with Gasteiger partial charge >= 0.3 is 0 Å². The number of rotatable bonds is 9. The number of nitrogens with one attached hydrogen (secondary N) is 3. The van der Waals surface area contributed by atoms with Crippen LogP contribution in [0.3, 0.4) is 0 Å². The van der Waals surface area contributed by atoms with Crippen molar-refractivity contribution >= 4 is 33.3 Å². The molecule has 0 saturated carbocycles. The Morgan fingerprint density at radius 1 is 1.06 bits per heavy atom. The number of hydrogen-bond acceptors (Lipinski definition) is 7. The fourth-order valence-electron chi connectivity index (χ4n) is 3.62. The van der Waals surface area contributed by atoms with E-state index in [-0.39, 0.29) is 17.3 Å². The Hall–Kier alpha value is -3.02. The maximum Gasteiger partial charge on any atom is 0.241 e. The first-order chi connectivity index (χ1) is 16.2. The molecule has 1 saturated heterocycles. The molecule has 2 heterocycles. The van der Waals surface area contributed by atoms with Gasteiger partial charge in [-0.25, -0.2) is 13.4 Å². The number of piperazine rings is 1. The molecule has 11 heteroatoms. The van der Waals surface area contributed by atoms with Crippen LogP contribution in [0.2, 0.25) is 0 Å². The van der Waals surface area contributed by atoms with Gasteiger partial charge in [-0.05, 0) is 49.4 Å². The Labute approximate surface area is 200 Å². The number of hydrogen-bond donors (Lipinski definition) is 3. The molecular weight excluding hydrogens is 456 g/mol. The summed E-state index contributed by atoms with van der Waals surface area (Å²) < 4.78 is 27.5. The maximum atomic E-state index is 12.6. The molecule has 1 aliphatic rings. The molecule has 3 rings (SSSR count). The smallest absolute Gasteiger partial charge is 0.241 e. The van der Waals surface area contributed by atoms with E-state index >= 15 is 0 Å². The molecule has 1 aromatic heterocycles. The Kier molecular flexibility index (Phi) is 8.59. The summed E-state index contributed by atoms with van der Waals surface area (Å²) in [5, 5.41) is 5.32. The monoisotopic (exact) mass is 488 g/mol. The number of aromatic nitrogens is 1. The number of pyridine rings is 1. The van der Waals surface area contributed by atoms with E-state index in [9.17, 15) is 18.0 Å². The van der Waals surface area contributed by atoms with Crippen molar-refractivity contribution < 1.29 is 18.0 Å². The van der Waals surface area contributed by atoms with Crippen LogP contribution in [-0.2, 0) is 26.2 Å². The number of nitrogens with zero attached hydrogens (tertiary/aromatic N) is 3. The summed E-state index contributed by atoms with van der Waals surface area (Å²) >= 11 is 0. The molecule has 0 aliphatic carbocycles. The van der Waals surface area contributed by atoms with Gasteiger partial charge in [-0.1, -0.05) is 13.0 Å². The molecule has 34 heavy (non-hydrogen) atoms. The Bertz CT molecular complexity index is 1080. The van der Waals surface area contributed by atoms with E-state index < -0.39 is 22.0 Å². The standard InChI is InChI=1S/C23H32N6O4S/c1-4-28-11-13-29(14-12-28)22-10-5-19(15-24-22)16-25-23(31)17(2)27-34(32,33)21-8-6-20(7-9-21)26-18(3)30/h5-10,15,17,27H,4,11-14,16H2,1-3H3,(H,25,31)(H,26,30)/t17-/m0/s1. The normalized spacial score (nSPS) is 15.6. The molecule has 1 aromatic carbocycles. The van der Waals surface area contributed by atoms with Crippen LogP contribution in [0.25, 0.3) is 0 Å². The van der Waals surface area contributed by atoms with E-state index in [1.54, 1.807) is 6.20 Å². The second-order valence-electron chi connectivity index (χ2n) is 8.21. The van der Waals surface area contributed by atoms with Crippen LogP contribution < -0.4 is 20.3 Å². The zero-order chi connectivity index (χ0) is 24.7. The molecule has 0 radical (unpaired) electrons. The third-order valence-electron chi connectivity index (χ3n) is 5.63. The minimum atomic E-state index is -3.90. The number of sulfonamides is 1. The summed E-state index contributed by atoms with van der Waals surface area (Å²) in [5.41, 5.74) is 1.31. The lowest BCUT2D eigenvalue weighted by Crippen LogP contribution is -2.46. The van der Waals surface area contributed by atoms with Crippen molar-refractivity contribution in [1.29, 1.82) is 0 Å². The second kappa shape index (κ2) is 11.4. The van der Waals surface area contributed by atoms with Crippen molar-refractivity contribution in [2.75, 3.05) is 42.9 Å². The van der Waals surface area contributed by atoms with Crippen molar-refractivity contribution in [2.45, 2.75) is 38.3 Å². The van der Waals surface area contributed by atoms with Gasteiger partial charge in [0, 0.05) is 51.5 Å². The van der Waals surface area contributed by atoms with Gasteiger partial charge in [0.25, 0.3) is 0 Å². The number of carbonyl (C=O) groups excluding carboxylic acids is 2. The molecule has 1 aliphatic heterocycles. The molecule has 3 N–H and O–H groups in total. The molecule has 2 amide bonds. The van der Waals surface area contributed by atoms with Crippen LogP contribution in [0.1, 0.15) is 26.3 Å². The molecule has 0 spiro atoms. The van der Waals surface area contributed by atoms with Gasteiger partial charge in [-0.3, -0.25) is 9.59 Å². The van der Waals surface area contributed by atoms with E-state index in [1.165, 1.54) is 38.1 Å². The highest BCUT2D eigenvalue weighted by Crippen LogP contribution is 2.15. The minimum Gasteiger partial charge on any atom is -0.354 e. The first kappa shape index (κ1) is 25.6. The van der Waals surface area contributed by atoms with Gasteiger partial charge in [-0.15, -0.1) is 0 Å². The summed E-state index contributed by atoms with van der Waals surface area (Å²) in [7, 11) is -3.90. The quantitative estimate of drug-likeness (QED) is 0.484. The lowest BCUT2D eigenvalue weighted by Gasteiger charge is -2.34. The molecule has 0 bridgehead atoms. The zero-order valence-corrected chi connectivity index (χ0v) is 20.6. The molecular formula is C23H32N6O4S. The van der Waals surface area contributed by atoms with E-state index in [4.69, 9.17) is 0 Å². The summed E-state index contributed by atoms with van der Waals surface area (Å²) in [6, 6.07) is 8.60. The van der Waals surface area contributed by atoms with E-state index in [1.807, 2.05) is 12.1 Å². The largest absolute Gasteiger partial charge is 0.354 e. The molecule has 184 valence electrons. The highest BCUT2D eigenvalue weighted by atomic mass is 32.2. The average molecular weight is 489 g/mol. The lowest BCUT2D eigenvalue weighted by molar-refractivity contribution is -0.122. The number of anilines is 2. The summed E-state index contributed by atoms with van der Waals surface area (Å²) in [5.74, 6) is 0.216. The predicted octanol–water partition coefficient (Wildman–Crippen LogP) is 1.17. The van der Waals surface area contributed by atoms with Crippen LogP contribution >= 0.6 is 0 Å². The van der Waals surface area contributed by atoms with Gasteiger partial charge in [0.05, 0.1) is 10.9 Å². The third-order valence-corrected chi connectivity index (χ3v) is 7.19. The van der Waals surface area contributed by atoms with Crippen molar-refractivity contribution in [1.82, 2.24) is 19.9 Å². The Morgan fingerprint density at radius 2 is 1.74 bits per heavy atom. The fourth-order valence-corrected chi connectivity index (χ4v) is 4.82. The molecule has 10 nitrogen and oxygen atoms in total. The van der Waals surface area contributed by atoms with Crippen LogP contribution in [0.5, 0.6) is 0 Å². The lowest BCUT2D eigenvalue weighted by atomic mass is 10.2. The van der Waals surface area contributed by atoms with Crippen LogP contribution in [0, 0.1) is 0 Å². The van der Waals surface area contributed by atoms with Crippen molar-refractivity contribution in [3.8, 4) is 0 Å². The van der Waals surface area contributed by atoms with Crippen LogP contribution in [-0.4, -0.2) is 68.9 Å². The number of likely N-dealkylation sites (N-methyl/N-ethyl adjacent to an activating group) is 1. The predicted molar refractivity (Wildman–Crippen MR) is 131 cm³/mol.